The molecule has 0 unspecified atom stereocenters. The minimum atomic E-state index is -3.45. The van der Waals surface area contributed by atoms with Crippen LogP contribution in [0.4, 0.5) is 0 Å². The van der Waals surface area contributed by atoms with Crippen LogP contribution in [0.3, 0.4) is 0 Å². The molecule has 2 fully saturated rings. The lowest BCUT2D eigenvalue weighted by Crippen LogP contribution is -2.41. The highest BCUT2D eigenvalue weighted by molar-refractivity contribution is 7.89. The van der Waals surface area contributed by atoms with Crippen molar-refractivity contribution in [1.82, 2.24) is 14.5 Å². The number of aliphatic imine (C=N–C) groups is 1. The van der Waals surface area contributed by atoms with E-state index in [1.54, 1.807) is 23.5 Å². The van der Waals surface area contributed by atoms with Gasteiger partial charge >= 0.3 is 0 Å². The first-order valence-corrected chi connectivity index (χ1v) is 11.3. The van der Waals surface area contributed by atoms with Crippen molar-refractivity contribution >= 4 is 16.0 Å². The Kier molecular flexibility index (Phi) is 6.11. The van der Waals surface area contributed by atoms with E-state index in [2.05, 4.69) is 29.1 Å². The van der Waals surface area contributed by atoms with Crippen molar-refractivity contribution in [3.8, 4) is 0 Å². The Morgan fingerprint density at radius 2 is 1.85 bits per heavy atom. The highest BCUT2D eigenvalue weighted by Gasteiger charge is 2.31. The summed E-state index contributed by atoms with van der Waals surface area (Å²) < 4.78 is 27.9. The number of sulfonamides is 1. The van der Waals surface area contributed by atoms with Gasteiger partial charge in [0.25, 0.3) is 0 Å². The van der Waals surface area contributed by atoms with Crippen molar-refractivity contribution < 1.29 is 8.42 Å². The lowest BCUT2D eigenvalue weighted by molar-refractivity contribution is 0.346. The summed E-state index contributed by atoms with van der Waals surface area (Å²) in [6.07, 6.45) is 4.12. The number of likely N-dealkylation sites (tertiary alicyclic amines) is 1. The third kappa shape index (κ3) is 4.63. The summed E-state index contributed by atoms with van der Waals surface area (Å²) in [4.78, 5) is 7.07. The maximum atomic E-state index is 13.1. The third-order valence-electron chi connectivity index (χ3n) is 5.53. The molecule has 0 amide bonds. The van der Waals surface area contributed by atoms with Crippen LogP contribution in [0.2, 0.25) is 0 Å². The molecule has 1 N–H and O–H groups in total. The lowest BCUT2D eigenvalue weighted by Gasteiger charge is -2.27. The van der Waals surface area contributed by atoms with Crippen LogP contribution in [0, 0.1) is 5.41 Å². The Labute approximate surface area is 163 Å². The highest BCUT2D eigenvalue weighted by atomic mass is 32.2. The highest BCUT2D eigenvalue weighted by Crippen LogP contribution is 2.29. The molecule has 2 aliphatic rings. The Morgan fingerprint density at radius 3 is 2.48 bits per heavy atom. The zero-order chi connectivity index (χ0) is 19.5. The molecule has 2 heterocycles. The van der Waals surface area contributed by atoms with Gasteiger partial charge in [0.2, 0.25) is 10.0 Å². The summed E-state index contributed by atoms with van der Waals surface area (Å²) in [6, 6.07) is 7.32. The predicted octanol–water partition coefficient (Wildman–Crippen LogP) is 2.67. The van der Waals surface area contributed by atoms with E-state index in [1.165, 1.54) is 0 Å². The molecular weight excluding hydrogens is 360 g/mol. The largest absolute Gasteiger partial charge is 0.352 e. The molecule has 0 bridgehead atoms. The first kappa shape index (κ1) is 20.1. The summed E-state index contributed by atoms with van der Waals surface area (Å²) in [5.41, 5.74) is 1.08. The van der Waals surface area contributed by atoms with Crippen LogP contribution in [0.15, 0.2) is 34.2 Å². The van der Waals surface area contributed by atoms with E-state index in [4.69, 9.17) is 0 Å². The Morgan fingerprint density at radius 1 is 1.15 bits per heavy atom. The molecular formula is C20H32N4O2S. The molecule has 0 atom stereocenters. The van der Waals surface area contributed by atoms with Crippen molar-refractivity contribution in [3.05, 3.63) is 29.8 Å². The van der Waals surface area contributed by atoms with E-state index in [0.717, 1.165) is 50.3 Å². The van der Waals surface area contributed by atoms with Gasteiger partial charge in [-0.3, -0.25) is 4.99 Å². The summed E-state index contributed by atoms with van der Waals surface area (Å²) in [7, 11) is -1.66. The first-order valence-electron chi connectivity index (χ1n) is 9.87. The number of nitrogens with zero attached hydrogens (tertiary/aromatic N) is 3. The fourth-order valence-electron chi connectivity index (χ4n) is 3.95. The van der Waals surface area contributed by atoms with Crippen molar-refractivity contribution in [2.24, 2.45) is 10.4 Å². The average molecular weight is 393 g/mol. The number of hydrogen-bond acceptors (Lipinski definition) is 3. The minimum Gasteiger partial charge on any atom is -0.352 e. The molecule has 6 nitrogen and oxygen atoms in total. The van der Waals surface area contributed by atoms with E-state index < -0.39 is 10.0 Å². The lowest BCUT2D eigenvalue weighted by atomic mass is 9.93. The van der Waals surface area contributed by atoms with Gasteiger partial charge in [0.1, 0.15) is 0 Å². The van der Waals surface area contributed by atoms with Gasteiger partial charge < -0.3 is 10.2 Å². The van der Waals surface area contributed by atoms with Gasteiger partial charge in [-0.2, -0.15) is 4.31 Å². The van der Waals surface area contributed by atoms with Crippen LogP contribution in [-0.4, -0.2) is 56.8 Å². The molecule has 0 saturated carbocycles. The molecule has 1 aromatic carbocycles. The molecule has 2 aliphatic heterocycles. The van der Waals surface area contributed by atoms with Gasteiger partial charge in [-0.1, -0.05) is 38.5 Å². The van der Waals surface area contributed by atoms with E-state index in [-0.39, 0.29) is 5.41 Å². The number of nitrogens with one attached hydrogen (secondary N) is 1. The molecule has 150 valence electrons. The molecule has 0 aromatic heterocycles. The second-order valence-electron chi connectivity index (χ2n) is 8.31. The fourth-order valence-corrected chi connectivity index (χ4v) is 5.68. The summed E-state index contributed by atoms with van der Waals surface area (Å²) in [6.45, 7) is 8.15. The quantitative estimate of drug-likeness (QED) is 0.632. The molecule has 0 spiro atoms. The molecule has 3 rings (SSSR count). The fraction of sp³-hybridized carbons (Fsp3) is 0.650. The zero-order valence-corrected chi connectivity index (χ0v) is 17.6. The molecule has 1 aromatic rings. The topological polar surface area (TPSA) is 65.0 Å². The van der Waals surface area contributed by atoms with E-state index >= 15 is 0 Å². The standard InChI is InChI=1S/C20H32N4O2S/c1-20(2)11-14-23(16-20)19(21-3)22-15-17-9-5-6-10-18(17)27(25,26)24-12-7-4-8-13-24/h5-6,9-10H,4,7-8,11-16H2,1-3H3,(H,21,22). The van der Waals surface area contributed by atoms with Crippen LogP contribution in [0.5, 0.6) is 0 Å². The van der Waals surface area contributed by atoms with E-state index in [0.29, 0.717) is 24.5 Å². The van der Waals surface area contributed by atoms with Gasteiger partial charge in [-0.15, -0.1) is 0 Å². The predicted molar refractivity (Wildman–Crippen MR) is 109 cm³/mol. The monoisotopic (exact) mass is 392 g/mol. The van der Waals surface area contributed by atoms with Crippen LogP contribution < -0.4 is 5.32 Å². The van der Waals surface area contributed by atoms with Gasteiger partial charge in [0, 0.05) is 39.8 Å². The summed E-state index contributed by atoms with van der Waals surface area (Å²) >= 11 is 0. The summed E-state index contributed by atoms with van der Waals surface area (Å²) in [5, 5.41) is 3.37. The number of piperidine rings is 1. The van der Waals surface area contributed by atoms with Crippen molar-refractivity contribution in [2.45, 2.75) is 51.0 Å². The maximum Gasteiger partial charge on any atom is 0.243 e. The minimum absolute atomic E-state index is 0.285. The molecule has 7 heteroatoms. The third-order valence-corrected chi connectivity index (χ3v) is 7.53. The second kappa shape index (κ2) is 8.19. The van der Waals surface area contributed by atoms with Crippen LogP contribution in [-0.2, 0) is 16.6 Å². The number of rotatable bonds is 4. The van der Waals surface area contributed by atoms with Crippen molar-refractivity contribution in [3.63, 3.8) is 0 Å². The molecule has 27 heavy (non-hydrogen) atoms. The van der Waals surface area contributed by atoms with Crippen molar-refractivity contribution in [2.75, 3.05) is 33.2 Å². The van der Waals surface area contributed by atoms with Gasteiger partial charge in [-0.05, 0) is 36.3 Å². The Balaban J connectivity index is 1.74. The Bertz CT molecular complexity index is 783. The van der Waals surface area contributed by atoms with Gasteiger partial charge in [-0.25, -0.2) is 8.42 Å². The molecule has 0 radical (unpaired) electrons. The number of hydrogen-bond donors (Lipinski definition) is 1. The molecule has 2 saturated heterocycles. The van der Waals surface area contributed by atoms with Crippen LogP contribution >= 0.6 is 0 Å². The number of benzene rings is 1. The maximum absolute atomic E-state index is 13.1. The van der Waals surface area contributed by atoms with Gasteiger partial charge in [0.15, 0.2) is 5.96 Å². The van der Waals surface area contributed by atoms with E-state index in [9.17, 15) is 8.42 Å². The zero-order valence-electron chi connectivity index (χ0n) is 16.7. The second-order valence-corrected chi connectivity index (χ2v) is 10.2. The normalized spacial score (nSPS) is 21.4. The van der Waals surface area contributed by atoms with Crippen molar-refractivity contribution in [1.29, 1.82) is 0 Å². The smallest absolute Gasteiger partial charge is 0.243 e. The SMILES string of the molecule is CN=C(NCc1ccccc1S(=O)(=O)N1CCCCC1)N1CCC(C)(C)C1. The van der Waals surface area contributed by atoms with Gasteiger partial charge in [0.05, 0.1) is 4.90 Å². The molecule has 0 aliphatic carbocycles. The van der Waals surface area contributed by atoms with E-state index in [1.807, 2.05) is 12.1 Å². The van der Waals surface area contributed by atoms with Crippen LogP contribution in [0.1, 0.15) is 45.1 Å². The number of guanidine groups is 1. The summed E-state index contributed by atoms with van der Waals surface area (Å²) in [5.74, 6) is 0.839. The average Bonchev–Trinajstić information content (AvgIpc) is 3.03. The van der Waals surface area contributed by atoms with Crippen LogP contribution in [0.25, 0.3) is 0 Å². The first-order chi connectivity index (χ1) is 12.8. The Hall–Kier alpha value is -1.60.